The number of benzene rings is 2. The first kappa shape index (κ1) is 28.9. The van der Waals surface area contributed by atoms with Crippen molar-refractivity contribution in [2.45, 2.75) is 39.3 Å². The number of halogens is 2. The van der Waals surface area contributed by atoms with Gasteiger partial charge < -0.3 is 15.0 Å². The van der Waals surface area contributed by atoms with Crippen LogP contribution in [0.3, 0.4) is 0 Å². The van der Waals surface area contributed by atoms with Crippen LogP contribution in [0.1, 0.15) is 32.8 Å². The van der Waals surface area contributed by atoms with Gasteiger partial charge in [0.2, 0.25) is 0 Å². The number of carbonyl (C=O) groups excluding carboxylic acids is 2. The zero-order chi connectivity index (χ0) is 27.0. The third-order valence-electron chi connectivity index (χ3n) is 4.97. The number of nitro benzene ring substituents is 1. The van der Waals surface area contributed by atoms with Gasteiger partial charge in [-0.1, -0.05) is 43.1 Å². The second-order valence-electron chi connectivity index (χ2n) is 8.66. The number of carbonyl (C=O) groups is 2. The van der Waals surface area contributed by atoms with E-state index >= 15 is 0 Å². The number of hydrogen-bond acceptors (Lipinski definition) is 7. The molecule has 0 spiro atoms. The van der Waals surface area contributed by atoms with E-state index in [9.17, 15) is 19.7 Å². The molecule has 0 aromatic heterocycles. The van der Waals surface area contributed by atoms with E-state index in [1.807, 2.05) is 13.8 Å². The second kappa shape index (κ2) is 13.1. The minimum Gasteiger partial charge on any atom is -0.479 e. The van der Waals surface area contributed by atoms with E-state index in [1.54, 1.807) is 43.3 Å². The summed E-state index contributed by atoms with van der Waals surface area (Å²) in [6.07, 6.45) is 0.711. The lowest BCUT2D eigenvalue weighted by Crippen LogP contribution is -2.49. The zero-order valence-electron chi connectivity index (χ0n) is 20.6. The summed E-state index contributed by atoms with van der Waals surface area (Å²) in [6.45, 7) is 5.36. The second-order valence-corrected chi connectivity index (χ2v) is 9.50. The van der Waals surface area contributed by atoms with Gasteiger partial charge in [-0.25, -0.2) is 5.43 Å². The molecule has 0 bridgehead atoms. The van der Waals surface area contributed by atoms with Crippen LogP contribution in [0.15, 0.2) is 41.5 Å². The number of hydrazone groups is 1. The third-order valence-corrected chi connectivity index (χ3v) is 5.50. The molecule has 2 amide bonds. The summed E-state index contributed by atoms with van der Waals surface area (Å²) in [5.74, 6) is -0.675. The van der Waals surface area contributed by atoms with E-state index in [0.29, 0.717) is 22.7 Å². The van der Waals surface area contributed by atoms with Crippen molar-refractivity contribution in [3.05, 3.63) is 62.1 Å². The molecular weight excluding hydrogens is 509 g/mol. The van der Waals surface area contributed by atoms with Crippen molar-refractivity contribution in [3.8, 4) is 5.75 Å². The Morgan fingerprint density at radius 2 is 1.83 bits per heavy atom. The summed E-state index contributed by atoms with van der Waals surface area (Å²) < 4.78 is 5.62. The largest absolute Gasteiger partial charge is 0.479 e. The molecule has 2 atom stereocenters. The van der Waals surface area contributed by atoms with Crippen molar-refractivity contribution < 1.29 is 19.2 Å². The van der Waals surface area contributed by atoms with Crippen LogP contribution < -0.4 is 20.4 Å². The molecule has 2 aromatic carbocycles. The zero-order valence-corrected chi connectivity index (χ0v) is 22.1. The predicted octanol–water partition coefficient (Wildman–Crippen LogP) is 4.42. The van der Waals surface area contributed by atoms with Crippen LogP contribution in [0.25, 0.3) is 0 Å². The number of hydrogen-bond donors (Lipinski definition) is 2. The summed E-state index contributed by atoms with van der Waals surface area (Å²) in [4.78, 5) is 38.0. The molecule has 0 aliphatic heterocycles. The van der Waals surface area contributed by atoms with E-state index in [1.165, 1.54) is 25.3 Å². The molecule has 0 heterocycles. The normalized spacial score (nSPS) is 12.8. The Kier molecular flexibility index (Phi) is 10.5. The Bertz CT molecular complexity index is 1140. The highest BCUT2D eigenvalue weighted by Gasteiger charge is 2.25. The van der Waals surface area contributed by atoms with Gasteiger partial charge in [0.1, 0.15) is 17.5 Å². The minimum atomic E-state index is -0.939. The molecule has 2 rings (SSSR count). The molecule has 12 heteroatoms. The van der Waals surface area contributed by atoms with Crippen LogP contribution in [0.4, 0.5) is 11.4 Å². The highest BCUT2D eigenvalue weighted by molar-refractivity contribution is 6.35. The number of nitrogens with one attached hydrogen (secondary N) is 2. The molecule has 0 fully saturated rings. The van der Waals surface area contributed by atoms with Gasteiger partial charge in [-0.15, -0.1) is 0 Å². The molecule has 2 N–H and O–H groups in total. The Morgan fingerprint density at radius 1 is 1.14 bits per heavy atom. The van der Waals surface area contributed by atoms with Gasteiger partial charge in [0.15, 0.2) is 6.10 Å². The topological polar surface area (TPSA) is 126 Å². The number of anilines is 1. The lowest BCUT2D eigenvalue weighted by atomic mass is 10.0. The molecule has 0 radical (unpaired) electrons. The Labute approximate surface area is 219 Å². The first-order valence-electron chi connectivity index (χ1n) is 11.1. The van der Waals surface area contributed by atoms with Crippen LogP contribution in [-0.2, 0) is 9.59 Å². The van der Waals surface area contributed by atoms with E-state index in [2.05, 4.69) is 15.8 Å². The summed E-state index contributed by atoms with van der Waals surface area (Å²) in [7, 11) is 3.41. The van der Waals surface area contributed by atoms with Crippen molar-refractivity contribution in [3.63, 3.8) is 0 Å². The molecule has 0 aliphatic carbocycles. The van der Waals surface area contributed by atoms with E-state index in [-0.39, 0.29) is 22.4 Å². The SMILES string of the molecule is CC(C)C[C@H](NC(=O)[C@@H](C)Oc1ccc(Cl)cc1Cl)C(=O)N/N=C\c1ccc(N(C)C)c([N+](=O)[O-])c1. The lowest BCUT2D eigenvalue weighted by molar-refractivity contribution is -0.384. The Balaban J connectivity index is 2.07. The van der Waals surface area contributed by atoms with E-state index < -0.39 is 28.9 Å². The quantitative estimate of drug-likeness (QED) is 0.248. The maximum atomic E-state index is 12.8. The van der Waals surface area contributed by atoms with Crippen molar-refractivity contribution in [2.24, 2.45) is 11.0 Å². The number of ether oxygens (including phenoxy) is 1. The average Bonchev–Trinajstić information content (AvgIpc) is 2.79. The van der Waals surface area contributed by atoms with E-state index in [0.717, 1.165) is 0 Å². The predicted molar refractivity (Wildman–Crippen MR) is 141 cm³/mol. The summed E-state index contributed by atoms with van der Waals surface area (Å²) >= 11 is 12.0. The number of nitro groups is 1. The molecule has 36 heavy (non-hydrogen) atoms. The third kappa shape index (κ3) is 8.39. The van der Waals surface area contributed by atoms with E-state index in [4.69, 9.17) is 27.9 Å². The van der Waals surface area contributed by atoms with Crippen LogP contribution in [0.5, 0.6) is 5.75 Å². The van der Waals surface area contributed by atoms with Gasteiger partial charge in [-0.2, -0.15) is 5.10 Å². The maximum Gasteiger partial charge on any atom is 0.293 e. The molecule has 194 valence electrons. The molecule has 0 saturated carbocycles. The first-order valence-corrected chi connectivity index (χ1v) is 11.8. The van der Waals surface area contributed by atoms with Crippen molar-refractivity contribution in [2.75, 3.05) is 19.0 Å². The first-order chi connectivity index (χ1) is 16.9. The minimum absolute atomic E-state index is 0.0880. The van der Waals surface area contributed by atoms with Crippen LogP contribution >= 0.6 is 23.2 Å². The average molecular weight is 538 g/mol. The Hall–Kier alpha value is -3.37. The smallest absolute Gasteiger partial charge is 0.293 e. The number of rotatable bonds is 11. The lowest BCUT2D eigenvalue weighted by Gasteiger charge is -2.22. The number of amides is 2. The molecule has 0 unspecified atom stereocenters. The molecule has 0 saturated heterocycles. The van der Waals surface area contributed by atoms with Crippen LogP contribution in [0, 0.1) is 16.0 Å². The van der Waals surface area contributed by atoms with Gasteiger partial charge in [0, 0.05) is 30.7 Å². The van der Waals surface area contributed by atoms with Crippen molar-refractivity contribution in [1.29, 1.82) is 0 Å². The van der Waals surface area contributed by atoms with Gasteiger partial charge in [-0.3, -0.25) is 19.7 Å². The fourth-order valence-electron chi connectivity index (χ4n) is 3.20. The standard InChI is InChI=1S/C24H29Cl2N5O5/c1-14(2)10-19(28-23(32)15(3)36-22-9-7-17(25)12-18(22)26)24(33)29-27-13-16-6-8-20(30(4)5)21(11-16)31(34)35/h6-9,11-15,19H,10H2,1-5H3,(H,28,32)(H,29,33)/b27-13-/t15-,19+/m1/s1. The summed E-state index contributed by atoms with van der Waals surface area (Å²) in [5.41, 5.74) is 3.17. The van der Waals surface area contributed by atoms with Gasteiger partial charge in [0.25, 0.3) is 17.5 Å². The highest BCUT2D eigenvalue weighted by atomic mass is 35.5. The van der Waals surface area contributed by atoms with Crippen LogP contribution in [-0.4, -0.2) is 49.2 Å². The monoisotopic (exact) mass is 537 g/mol. The summed E-state index contributed by atoms with van der Waals surface area (Å²) in [5, 5.41) is 18.6. The fourth-order valence-corrected chi connectivity index (χ4v) is 3.65. The summed E-state index contributed by atoms with van der Waals surface area (Å²) in [6, 6.07) is 8.36. The van der Waals surface area contributed by atoms with Crippen LogP contribution in [0.2, 0.25) is 10.0 Å². The van der Waals surface area contributed by atoms with Crippen molar-refractivity contribution in [1.82, 2.24) is 10.7 Å². The molecule has 2 aromatic rings. The Morgan fingerprint density at radius 3 is 2.42 bits per heavy atom. The highest BCUT2D eigenvalue weighted by Crippen LogP contribution is 2.28. The molecular formula is C24H29Cl2N5O5. The van der Waals surface area contributed by atoms with Crippen molar-refractivity contribution >= 4 is 52.6 Å². The van der Waals surface area contributed by atoms with Gasteiger partial charge in [-0.05, 0) is 43.5 Å². The molecule has 0 aliphatic rings. The number of nitrogens with zero attached hydrogens (tertiary/aromatic N) is 3. The fraction of sp³-hybridized carbons (Fsp3) is 0.375. The molecule has 10 nitrogen and oxygen atoms in total. The maximum absolute atomic E-state index is 12.8. The van der Waals surface area contributed by atoms with Gasteiger partial charge in [0.05, 0.1) is 16.2 Å². The van der Waals surface area contributed by atoms with Gasteiger partial charge >= 0.3 is 0 Å².